The van der Waals surface area contributed by atoms with E-state index in [2.05, 4.69) is 9.47 Å². The predicted octanol–water partition coefficient (Wildman–Crippen LogP) is 1.26. The van der Waals surface area contributed by atoms with Gasteiger partial charge >= 0.3 is 0 Å². The molecular weight excluding hydrogens is 130 g/mol. The summed E-state index contributed by atoms with van der Waals surface area (Å²) in [6, 6.07) is 0. The van der Waals surface area contributed by atoms with Gasteiger partial charge in [0.25, 0.3) is 0 Å². The second-order valence-corrected chi connectivity index (χ2v) is 1.79. The van der Waals surface area contributed by atoms with Crippen molar-refractivity contribution in [3.8, 4) is 0 Å². The molecule has 0 spiro atoms. The third-order valence-corrected chi connectivity index (χ3v) is 0.716. The molecule has 0 heterocycles. The molecule has 0 radical (unpaired) electrons. The maximum absolute atomic E-state index is 12.3. The first kappa shape index (κ1) is 8.78. The minimum Gasteiger partial charge on any atom is -0.359 e. The lowest BCUT2D eigenvalue weighted by Gasteiger charge is -2.15. The third-order valence-electron chi connectivity index (χ3n) is 0.716. The number of hydrogen-bond acceptors (Lipinski definition) is 2. The van der Waals surface area contributed by atoms with E-state index in [1.165, 1.54) is 7.11 Å². The summed E-state index contributed by atoms with van der Waals surface area (Å²) in [6.07, 6.45) is 0. The van der Waals surface area contributed by atoms with Gasteiger partial charge < -0.3 is 9.47 Å². The van der Waals surface area contributed by atoms with Crippen LogP contribution in [0.15, 0.2) is 0 Å². The van der Waals surface area contributed by atoms with Crippen LogP contribution in [-0.2, 0) is 9.47 Å². The molecule has 0 amide bonds. The van der Waals surface area contributed by atoms with E-state index < -0.39 is 12.5 Å². The molecule has 0 saturated heterocycles. The van der Waals surface area contributed by atoms with Crippen molar-refractivity contribution in [1.82, 2.24) is 0 Å². The van der Waals surface area contributed by atoms with Crippen LogP contribution in [0.4, 0.5) is 8.78 Å². The number of hydrogen-bond donors (Lipinski definition) is 0. The van der Waals surface area contributed by atoms with Crippen LogP contribution in [0.2, 0.25) is 0 Å². The highest BCUT2D eigenvalue weighted by Gasteiger charge is 2.22. The largest absolute Gasteiger partial charge is 0.359 e. The molecule has 2 nitrogen and oxygen atoms in total. The third kappa shape index (κ3) is 4.29. The van der Waals surface area contributed by atoms with Gasteiger partial charge in [-0.15, -0.1) is 0 Å². The van der Waals surface area contributed by atoms with E-state index in [-0.39, 0.29) is 6.79 Å². The Morgan fingerprint density at radius 3 is 2.44 bits per heavy atom. The Labute approximate surface area is 52.8 Å². The van der Waals surface area contributed by atoms with Gasteiger partial charge in [0.2, 0.25) is 5.85 Å². The molecule has 0 aliphatic rings. The SMILES string of the molecule is COCOC(C)(F)CF. The highest BCUT2D eigenvalue weighted by atomic mass is 19.2. The van der Waals surface area contributed by atoms with Crippen LogP contribution in [-0.4, -0.2) is 26.4 Å². The summed E-state index contributed by atoms with van der Waals surface area (Å²) >= 11 is 0. The van der Waals surface area contributed by atoms with Crippen LogP contribution in [0, 0.1) is 0 Å². The van der Waals surface area contributed by atoms with Gasteiger partial charge in [-0.1, -0.05) is 0 Å². The fraction of sp³-hybridized carbons (Fsp3) is 1.00. The fourth-order valence-corrected chi connectivity index (χ4v) is 0.220. The quantitative estimate of drug-likeness (QED) is 0.547. The molecule has 0 rings (SSSR count). The molecule has 0 bridgehead atoms. The first-order chi connectivity index (χ1) is 4.12. The zero-order valence-electron chi connectivity index (χ0n) is 5.49. The summed E-state index contributed by atoms with van der Waals surface area (Å²) in [5.41, 5.74) is 0. The van der Waals surface area contributed by atoms with Crippen molar-refractivity contribution >= 4 is 0 Å². The minimum absolute atomic E-state index is 0.225. The molecule has 0 fully saturated rings. The lowest BCUT2D eigenvalue weighted by Crippen LogP contribution is -2.25. The Morgan fingerprint density at radius 1 is 1.56 bits per heavy atom. The molecule has 0 aliphatic carbocycles. The van der Waals surface area contributed by atoms with Crippen molar-refractivity contribution in [3.63, 3.8) is 0 Å². The lowest BCUT2D eigenvalue weighted by atomic mass is 10.4. The number of alkyl halides is 2. The van der Waals surface area contributed by atoms with Crippen molar-refractivity contribution < 1.29 is 18.3 Å². The van der Waals surface area contributed by atoms with Crippen LogP contribution < -0.4 is 0 Å². The fourth-order valence-electron chi connectivity index (χ4n) is 0.220. The molecular formula is C5H10F2O2. The first-order valence-corrected chi connectivity index (χ1v) is 2.50. The van der Waals surface area contributed by atoms with Gasteiger partial charge in [-0.3, -0.25) is 0 Å². The Kier molecular flexibility index (Phi) is 3.65. The van der Waals surface area contributed by atoms with Crippen LogP contribution in [0.5, 0.6) is 0 Å². The van der Waals surface area contributed by atoms with Crippen LogP contribution >= 0.6 is 0 Å². The molecule has 0 aromatic rings. The van der Waals surface area contributed by atoms with Gasteiger partial charge in [0.05, 0.1) is 0 Å². The summed E-state index contributed by atoms with van der Waals surface area (Å²) in [4.78, 5) is 0. The van der Waals surface area contributed by atoms with Gasteiger partial charge in [-0.05, 0) is 6.92 Å². The van der Waals surface area contributed by atoms with Gasteiger partial charge in [0, 0.05) is 7.11 Å². The second kappa shape index (κ2) is 3.74. The molecule has 0 aliphatic heterocycles. The Morgan fingerprint density at radius 2 is 2.11 bits per heavy atom. The van der Waals surface area contributed by atoms with E-state index in [1.807, 2.05) is 0 Å². The molecule has 0 N–H and O–H groups in total. The maximum atomic E-state index is 12.3. The number of rotatable bonds is 4. The summed E-state index contributed by atoms with van der Waals surface area (Å²) in [5.74, 6) is -2.20. The van der Waals surface area contributed by atoms with Crippen LogP contribution in [0.1, 0.15) is 6.92 Å². The van der Waals surface area contributed by atoms with Gasteiger partial charge in [0.15, 0.2) is 0 Å². The second-order valence-electron chi connectivity index (χ2n) is 1.79. The van der Waals surface area contributed by atoms with Gasteiger partial charge in [-0.25, -0.2) is 8.78 Å². The zero-order valence-corrected chi connectivity index (χ0v) is 5.49. The van der Waals surface area contributed by atoms with E-state index in [1.54, 1.807) is 0 Å². The molecule has 4 heteroatoms. The van der Waals surface area contributed by atoms with Crippen molar-refractivity contribution in [1.29, 1.82) is 0 Å². The van der Waals surface area contributed by atoms with Crippen LogP contribution in [0.3, 0.4) is 0 Å². The summed E-state index contributed by atoms with van der Waals surface area (Å²) < 4.78 is 32.5. The van der Waals surface area contributed by atoms with Gasteiger partial charge in [0.1, 0.15) is 13.5 Å². The van der Waals surface area contributed by atoms with E-state index in [4.69, 9.17) is 0 Å². The van der Waals surface area contributed by atoms with Crippen LogP contribution in [0.25, 0.3) is 0 Å². The van der Waals surface area contributed by atoms with E-state index in [0.717, 1.165) is 6.92 Å². The van der Waals surface area contributed by atoms with Crippen molar-refractivity contribution in [2.24, 2.45) is 0 Å². The number of methoxy groups -OCH3 is 1. The zero-order chi connectivity index (χ0) is 7.33. The molecule has 9 heavy (non-hydrogen) atoms. The Hall–Kier alpha value is -0.220. The normalized spacial score (nSPS) is 17.3. The average molecular weight is 140 g/mol. The average Bonchev–Trinajstić information content (AvgIpc) is 1.84. The Bertz CT molecular complexity index is 75.4. The summed E-state index contributed by atoms with van der Waals surface area (Å²) in [6.45, 7) is -0.376. The molecule has 56 valence electrons. The van der Waals surface area contributed by atoms with Crippen molar-refractivity contribution in [2.45, 2.75) is 12.8 Å². The van der Waals surface area contributed by atoms with Crippen molar-refractivity contribution in [2.75, 3.05) is 20.6 Å². The predicted molar refractivity (Wildman–Crippen MR) is 28.4 cm³/mol. The van der Waals surface area contributed by atoms with Crippen molar-refractivity contribution in [3.05, 3.63) is 0 Å². The van der Waals surface area contributed by atoms with E-state index in [9.17, 15) is 8.78 Å². The molecule has 1 atom stereocenters. The molecule has 0 aromatic heterocycles. The Balaban J connectivity index is 3.33. The molecule has 0 saturated carbocycles. The minimum atomic E-state index is -2.20. The molecule has 1 unspecified atom stereocenters. The number of halogens is 2. The number of ether oxygens (including phenoxy) is 2. The lowest BCUT2D eigenvalue weighted by molar-refractivity contribution is -0.195. The standard InChI is InChI=1S/C5H10F2O2/c1-5(7,3-6)9-4-8-2/h3-4H2,1-2H3. The summed E-state index contributed by atoms with van der Waals surface area (Å²) in [5, 5.41) is 0. The monoisotopic (exact) mass is 140 g/mol. The topological polar surface area (TPSA) is 18.5 Å². The smallest absolute Gasteiger partial charge is 0.236 e. The maximum Gasteiger partial charge on any atom is 0.236 e. The highest BCUT2D eigenvalue weighted by Crippen LogP contribution is 2.11. The summed E-state index contributed by atoms with van der Waals surface area (Å²) in [7, 11) is 1.34. The first-order valence-electron chi connectivity index (χ1n) is 2.50. The highest BCUT2D eigenvalue weighted by molar-refractivity contribution is 4.54. The van der Waals surface area contributed by atoms with E-state index >= 15 is 0 Å². The van der Waals surface area contributed by atoms with E-state index in [0.29, 0.717) is 0 Å². The van der Waals surface area contributed by atoms with Gasteiger partial charge in [-0.2, -0.15) is 0 Å². The molecule has 0 aromatic carbocycles.